The molecule has 1 atom stereocenters. The zero-order valence-corrected chi connectivity index (χ0v) is 15.4. The first-order valence-corrected chi connectivity index (χ1v) is 10.0. The maximum absolute atomic E-state index is 14.7. The molecule has 0 amide bonds. The third-order valence-electron chi connectivity index (χ3n) is 4.15. The number of benzene rings is 2. The molecule has 0 radical (unpaired) electrons. The zero-order chi connectivity index (χ0) is 19.5. The Labute approximate surface area is 157 Å². The van der Waals surface area contributed by atoms with Crippen LogP contribution in [0.1, 0.15) is 5.56 Å². The number of anilines is 1. The molecule has 27 heavy (non-hydrogen) atoms. The van der Waals surface area contributed by atoms with Crippen molar-refractivity contribution >= 4 is 21.8 Å². The summed E-state index contributed by atoms with van der Waals surface area (Å²) in [5.41, 5.74) is -0.657. The number of aldehydes is 1. The molecule has 7 heteroatoms. The predicted molar refractivity (Wildman–Crippen MR) is 100 cm³/mol. The SMILES string of the molecule is CS(=O)(=O)c1ccc(N2C=CC=CC2(C=O)OCc2ccccc2)c(F)c1. The lowest BCUT2D eigenvalue weighted by molar-refractivity contribution is -0.126. The van der Waals surface area contributed by atoms with E-state index in [9.17, 15) is 17.6 Å². The van der Waals surface area contributed by atoms with Crippen LogP contribution in [-0.4, -0.2) is 26.7 Å². The molecule has 3 rings (SSSR count). The second kappa shape index (κ2) is 7.46. The summed E-state index contributed by atoms with van der Waals surface area (Å²) in [5.74, 6) is -0.771. The number of sulfone groups is 1. The van der Waals surface area contributed by atoms with Crippen molar-refractivity contribution < 1.29 is 22.3 Å². The zero-order valence-electron chi connectivity index (χ0n) is 14.6. The average molecular weight is 387 g/mol. The van der Waals surface area contributed by atoms with E-state index in [1.54, 1.807) is 12.2 Å². The van der Waals surface area contributed by atoms with Crippen molar-refractivity contribution in [3.8, 4) is 0 Å². The van der Waals surface area contributed by atoms with E-state index < -0.39 is 21.4 Å². The Kier molecular flexibility index (Phi) is 5.25. The smallest absolute Gasteiger partial charge is 0.222 e. The van der Waals surface area contributed by atoms with E-state index in [1.807, 2.05) is 30.3 Å². The fraction of sp³-hybridized carbons (Fsp3) is 0.150. The lowest BCUT2D eigenvalue weighted by atomic mass is 10.1. The highest BCUT2D eigenvalue weighted by Gasteiger charge is 2.37. The second-order valence-corrected chi connectivity index (χ2v) is 8.12. The molecular weight excluding hydrogens is 369 g/mol. The van der Waals surface area contributed by atoms with Gasteiger partial charge in [0, 0.05) is 12.5 Å². The van der Waals surface area contributed by atoms with E-state index in [1.165, 1.54) is 29.3 Å². The van der Waals surface area contributed by atoms with Gasteiger partial charge in [-0.1, -0.05) is 36.4 Å². The number of nitrogens with zero attached hydrogens (tertiary/aromatic N) is 1. The minimum atomic E-state index is -3.54. The molecule has 2 aromatic carbocycles. The van der Waals surface area contributed by atoms with Gasteiger partial charge in [0.15, 0.2) is 16.1 Å². The molecule has 0 aliphatic carbocycles. The van der Waals surface area contributed by atoms with E-state index in [2.05, 4.69) is 0 Å². The quantitative estimate of drug-likeness (QED) is 0.712. The summed E-state index contributed by atoms with van der Waals surface area (Å²) in [6, 6.07) is 12.8. The van der Waals surface area contributed by atoms with Gasteiger partial charge in [-0.15, -0.1) is 0 Å². The molecule has 1 unspecified atom stereocenters. The van der Waals surface area contributed by atoms with Crippen LogP contribution in [0.15, 0.2) is 77.9 Å². The molecule has 0 saturated carbocycles. The number of halogens is 1. The molecule has 5 nitrogen and oxygen atoms in total. The molecule has 1 heterocycles. The Morgan fingerprint density at radius 2 is 1.89 bits per heavy atom. The number of rotatable bonds is 6. The van der Waals surface area contributed by atoms with Crippen LogP contribution < -0.4 is 4.90 Å². The van der Waals surface area contributed by atoms with Crippen LogP contribution >= 0.6 is 0 Å². The van der Waals surface area contributed by atoms with Crippen molar-refractivity contribution in [1.82, 2.24) is 0 Å². The number of carbonyl (C=O) groups is 1. The Balaban J connectivity index is 1.96. The fourth-order valence-electron chi connectivity index (χ4n) is 2.73. The summed E-state index contributed by atoms with van der Waals surface area (Å²) >= 11 is 0. The monoisotopic (exact) mass is 387 g/mol. The van der Waals surface area contributed by atoms with Gasteiger partial charge in [0.25, 0.3) is 0 Å². The van der Waals surface area contributed by atoms with Crippen LogP contribution in [0.4, 0.5) is 10.1 Å². The van der Waals surface area contributed by atoms with Crippen molar-refractivity contribution in [2.75, 3.05) is 11.2 Å². The maximum atomic E-state index is 14.7. The van der Waals surface area contributed by atoms with Crippen molar-refractivity contribution in [2.45, 2.75) is 17.2 Å². The maximum Gasteiger partial charge on any atom is 0.222 e. The molecule has 140 valence electrons. The minimum absolute atomic E-state index is 0.0307. The lowest BCUT2D eigenvalue weighted by Crippen LogP contribution is -2.49. The van der Waals surface area contributed by atoms with Crippen LogP contribution in [0, 0.1) is 5.82 Å². The van der Waals surface area contributed by atoms with Gasteiger partial charge >= 0.3 is 0 Å². The summed E-state index contributed by atoms with van der Waals surface area (Å²) in [5, 5.41) is 0. The number of ether oxygens (including phenoxy) is 1. The van der Waals surface area contributed by atoms with Crippen LogP contribution in [0.25, 0.3) is 0 Å². The summed E-state index contributed by atoms with van der Waals surface area (Å²) in [6.45, 7) is 0.136. The van der Waals surface area contributed by atoms with Gasteiger partial charge < -0.3 is 9.64 Å². The fourth-order valence-corrected chi connectivity index (χ4v) is 3.36. The van der Waals surface area contributed by atoms with Gasteiger partial charge in [0.2, 0.25) is 5.72 Å². The van der Waals surface area contributed by atoms with E-state index in [4.69, 9.17) is 4.74 Å². The highest BCUT2D eigenvalue weighted by atomic mass is 32.2. The Hall–Kier alpha value is -2.77. The van der Waals surface area contributed by atoms with E-state index in [0.29, 0.717) is 6.29 Å². The van der Waals surface area contributed by atoms with Crippen LogP contribution in [0.2, 0.25) is 0 Å². The molecule has 1 aliphatic heterocycles. The summed E-state index contributed by atoms with van der Waals surface area (Å²) < 4.78 is 43.8. The van der Waals surface area contributed by atoms with Crippen molar-refractivity contribution in [3.63, 3.8) is 0 Å². The molecule has 0 N–H and O–H groups in total. The molecule has 2 aromatic rings. The molecule has 0 aromatic heterocycles. The Morgan fingerprint density at radius 3 is 2.52 bits per heavy atom. The van der Waals surface area contributed by atoms with Crippen molar-refractivity contribution in [3.05, 3.63) is 84.3 Å². The van der Waals surface area contributed by atoms with E-state index >= 15 is 0 Å². The van der Waals surface area contributed by atoms with Crippen LogP contribution in [-0.2, 0) is 26.0 Å². The third kappa shape index (κ3) is 3.99. The molecule has 0 spiro atoms. The van der Waals surface area contributed by atoms with Crippen LogP contribution in [0.3, 0.4) is 0 Å². The predicted octanol–water partition coefficient (Wildman–Crippen LogP) is 3.23. The molecule has 0 bridgehead atoms. The van der Waals surface area contributed by atoms with Crippen molar-refractivity contribution in [1.29, 1.82) is 0 Å². The third-order valence-corrected chi connectivity index (χ3v) is 5.26. The number of hydrogen-bond acceptors (Lipinski definition) is 5. The molecule has 0 saturated heterocycles. The summed E-state index contributed by atoms with van der Waals surface area (Å²) in [6.07, 6.45) is 7.89. The second-order valence-electron chi connectivity index (χ2n) is 6.10. The summed E-state index contributed by atoms with van der Waals surface area (Å²) in [7, 11) is -3.54. The first kappa shape index (κ1) is 19.0. The molecule has 0 fully saturated rings. The van der Waals surface area contributed by atoms with E-state index in [-0.39, 0.29) is 17.2 Å². The first-order valence-electron chi connectivity index (χ1n) is 8.15. The standard InChI is InChI=1S/C20H18FNO4S/c1-27(24,25)17-9-10-19(18(21)13-17)22-12-6-5-11-20(22,15-23)26-14-16-7-3-2-4-8-16/h2-13,15H,14H2,1H3. The van der Waals surface area contributed by atoms with Crippen LogP contribution in [0.5, 0.6) is 0 Å². The van der Waals surface area contributed by atoms with Gasteiger partial charge in [-0.25, -0.2) is 12.8 Å². The van der Waals surface area contributed by atoms with Gasteiger partial charge in [-0.3, -0.25) is 4.79 Å². The van der Waals surface area contributed by atoms with Gasteiger partial charge in [-0.05, 0) is 35.9 Å². The highest BCUT2D eigenvalue weighted by molar-refractivity contribution is 7.90. The summed E-state index contributed by atoms with van der Waals surface area (Å²) in [4.78, 5) is 13.2. The topological polar surface area (TPSA) is 63.7 Å². The normalized spacial score (nSPS) is 19.3. The molecular formula is C20H18FNO4S. The minimum Gasteiger partial charge on any atom is -0.340 e. The van der Waals surface area contributed by atoms with Gasteiger partial charge in [0.1, 0.15) is 5.82 Å². The highest BCUT2D eigenvalue weighted by Crippen LogP contribution is 2.32. The van der Waals surface area contributed by atoms with E-state index in [0.717, 1.165) is 17.9 Å². The van der Waals surface area contributed by atoms with Crippen molar-refractivity contribution in [2.24, 2.45) is 0 Å². The Morgan fingerprint density at radius 1 is 1.15 bits per heavy atom. The Bertz CT molecular complexity index is 1000. The lowest BCUT2D eigenvalue weighted by Gasteiger charge is -2.38. The number of carbonyl (C=O) groups excluding carboxylic acids is 1. The first-order chi connectivity index (χ1) is 12.9. The van der Waals surface area contributed by atoms with Gasteiger partial charge in [-0.2, -0.15) is 0 Å². The average Bonchev–Trinajstić information content (AvgIpc) is 2.67. The molecule has 1 aliphatic rings. The largest absolute Gasteiger partial charge is 0.340 e. The number of hydrogen-bond donors (Lipinski definition) is 0. The van der Waals surface area contributed by atoms with Gasteiger partial charge in [0.05, 0.1) is 17.2 Å². The number of allylic oxidation sites excluding steroid dienone is 2.